The number of hydrogen-bond donors (Lipinski definition) is 2. The predicted molar refractivity (Wildman–Crippen MR) is 74.5 cm³/mol. The molecule has 10 nitrogen and oxygen atoms in total. The summed E-state index contributed by atoms with van der Waals surface area (Å²) < 4.78 is 42.8. The maximum absolute atomic E-state index is 12.5. The summed E-state index contributed by atoms with van der Waals surface area (Å²) in [5.41, 5.74) is 0. The lowest BCUT2D eigenvalue weighted by atomic mass is 10.4. The molecule has 0 aliphatic heterocycles. The summed E-state index contributed by atoms with van der Waals surface area (Å²) in [5.74, 6) is -3.15. The Hall–Kier alpha value is -3.25. The smallest absolute Gasteiger partial charge is 0.451 e. The monoisotopic (exact) mass is 359 g/mol. The van der Waals surface area contributed by atoms with Crippen LogP contribution in [0.4, 0.5) is 13.2 Å². The average molecular weight is 359 g/mol. The van der Waals surface area contributed by atoms with Gasteiger partial charge in [-0.3, -0.25) is 9.89 Å². The van der Waals surface area contributed by atoms with Gasteiger partial charge in [-0.2, -0.15) is 22.8 Å². The van der Waals surface area contributed by atoms with Crippen LogP contribution in [0.25, 0.3) is 5.95 Å². The molecule has 0 atom stereocenters. The zero-order valence-corrected chi connectivity index (χ0v) is 13.0. The topological polar surface area (TPSA) is 128 Å². The number of rotatable bonds is 5. The van der Waals surface area contributed by atoms with Crippen LogP contribution in [0.15, 0.2) is 12.2 Å². The van der Waals surface area contributed by atoms with Crippen molar-refractivity contribution < 1.29 is 27.5 Å². The molecule has 2 aromatic rings. The van der Waals surface area contributed by atoms with Crippen molar-refractivity contribution in [3.63, 3.8) is 0 Å². The minimum absolute atomic E-state index is 0.000394. The SMILES string of the molecule is COC(=O)/C=C/CNC(=O)c1nc(C)n(-c2n[nH]c(C(F)(F)F)n2)n1. The fraction of sp³-hybridized carbons (Fsp3) is 0.333. The van der Waals surface area contributed by atoms with Gasteiger partial charge < -0.3 is 10.1 Å². The predicted octanol–water partition coefficient (Wildman–Crippen LogP) is 0.172. The van der Waals surface area contributed by atoms with E-state index in [0.717, 1.165) is 10.8 Å². The van der Waals surface area contributed by atoms with Gasteiger partial charge in [0.05, 0.1) is 7.11 Å². The van der Waals surface area contributed by atoms with Crippen molar-refractivity contribution in [1.82, 2.24) is 35.3 Å². The number of carbonyl (C=O) groups is 2. The molecule has 0 saturated heterocycles. The number of nitrogens with one attached hydrogen (secondary N) is 2. The zero-order valence-electron chi connectivity index (χ0n) is 13.0. The van der Waals surface area contributed by atoms with Crippen molar-refractivity contribution in [2.75, 3.05) is 13.7 Å². The van der Waals surface area contributed by atoms with Crippen LogP contribution in [0.3, 0.4) is 0 Å². The van der Waals surface area contributed by atoms with Crippen LogP contribution >= 0.6 is 0 Å². The number of esters is 1. The summed E-state index contributed by atoms with van der Waals surface area (Å²) in [6.45, 7) is 1.42. The number of nitrogens with zero attached hydrogens (tertiary/aromatic N) is 5. The number of aryl methyl sites for hydroxylation is 1. The van der Waals surface area contributed by atoms with E-state index in [1.165, 1.54) is 20.1 Å². The molecule has 134 valence electrons. The number of ether oxygens (including phenoxy) is 1. The maximum atomic E-state index is 12.5. The van der Waals surface area contributed by atoms with E-state index in [0.29, 0.717) is 0 Å². The molecule has 0 saturated carbocycles. The molecule has 13 heteroatoms. The van der Waals surface area contributed by atoms with Crippen LogP contribution in [-0.2, 0) is 15.7 Å². The standard InChI is InChI=1S/C12H12F3N7O3/c1-6-17-8(9(24)16-5-3-4-7(23)25-2)21-22(6)11-18-10(19-20-11)12(13,14)15/h3-4H,5H2,1-2H3,(H,16,24)(H,18,19,20)/b4-3+. The summed E-state index contributed by atoms with van der Waals surface area (Å²) in [6, 6.07) is 0. The van der Waals surface area contributed by atoms with Gasteiger partial charge in [0.15, 0.2) is 0 Å². The minimum atomic E-state index is -4.69. The van der Waals surface area contributed by atoms with E-state index in [1.54, 1.807) is 5.10 Å². The molecule has 0 aromatic carbocycles. The van der Waals surface area contributed by atoms with E-state index < -0.39 is 29.8 Å². The highest BCUT2D eigenvalue weighted by Crippen LogP contribution is 2.26. The van der Waals surface area contributed by atoms with Gasteiger partial charge in [-0.1, -0.05) is 6.08 Å². The Kier molecular flexibility index (Phi) is 5.14. The highest BCUT2D eigenvalue weighted by molar-refractivity contribution is 5.90. The molecular formula is C12H12F3N7O3. The number of H-pyrrole nitrogens is 1. The number of halogens is 3. The lowest BCUT2D eigenvalue weighted by molar-refractivity contribution is -0.144. The Bertz CT molecular complexity index is 809. The second kappa shape index (κ2) is 7.11. The van der Waals surface area contributed by atoms with E-state index in [2.05, 4.69) is 30.2 Å². The van der Waals surface area contributed by atoms with E-state index >= 15 is 0 Å². The molecule has 2 aromatic heterocycles. The van der Waals surface area contributed by atoms with Crippen LogP contribution in [0.1, 0.15) is 22.3 Å². The Labute approximate surface area is 138 Å². The third-order valence-electron chi connectivity index (χ3n) is 2.74. The van der Waals surface area contributed by atoms with Gasteiger partial charge in [0.1, 0.15) is 5.82 Å². The Morgan fingerprint density at radius 2 is 2.08 bits per heavy atom. The number of aromatic amines is 1. The van der Waals surface area contributed by atoms with Crippen molar-refractivity contribution >= 4 is 11.9 Å². The first-order chi connectivity index (χ1) is 11.7. The number of hydrogen-bond acceptors (Lipinski definition) is 7. The van der Waals surface area contributed by atoms with E-state index in [9.17, 15) is 22.8 Å². The lowest BCUT2D eigenvalue weighted by Crippen LogP contribution is -2.25. The molecule has 0 radical (unpaired) electrons. The van der Waals surface area contributed by atoms with Gasteiger partial charge in [0.2, 0.25) is 11.6 Å². The summed E-state index contributed by atoms with van der Waals surface area (Å²) in [6.07, 6.45) is -2.23. The molecule has 2 heterocycles. The fourth-order valence-electron chi connectivity index (χ4n) is 1.60. The zero-order chi connectivity index (χ0) is 18.6. The molecule has 1 amide bonds. The van der Waals surface area contributed by atoms with Crippen LogP contribution in [0, 0.1) is 6.92 Å². The maximum Gasteiger partial charge on any atom is 0.451 e. The van der Waals surface area contributed by atoms with Gasteiger partial charge in [-0.05, 0) is 6.92 Å². The molecule has 0 aliphatic rings. The second-order valence-corrected chi connectivity index (χ2v) is 4.51. The van der Waals surface area contributed by atoms with Crippen LogP contribution in [0.5, 0.6) is 0 Å². The largest absolute Gasteiger partial charge is 0.466 e. The quantitative estimate of drug-likeness (QED) is 0.575. The minimum Gasteiger partial charge on any atom is -0.466 e. The third kappa shape index (κ3) is 4.39. The van der Waals surface area contributed by atoms with Crippen molar-refractivity contribution in [2.24, 2.45) is 0 Å². The molecule has 0 aliphatic carbocycles. The van der Waals surface area contributed by atoms with Gasteiger partial charge in [0, 0.05) is 12.6 Å². The normalized spacial score (nSPS) is 11.7. The van der Waals surface area contributed by atoms with Crippen molar-refractivity contribution in [3.8, 4) is 5.95 Å². The van der Waals surface area contributed by atoms with Crippen LogP contribution in [-0.4, -0.2) is 55.5 Å². The van der Waals surface area contributed by atoms with Crippen molar-refractivity contribution in [1.29, 1.82) is 0 Å². The number of aromatic nitrogens is 6. The first-order valence-corrected chi connectivity index (χ1v) is 6.68. The molecule has 0 unspecified atom stereocenters. The summed E-state index contributed by atoms with van der Waals surface area (Å²) in [7, 11) is 1.21. The molecule has 0 spiro atoms. The van der Waals surface area contributed by atoms with Gasteiger partial charge >= 0.3 is 12.1 Å². The lowest BCUT2D eigenvalue weighted by Gasteiger charge is -1.98. The number of alkyl halides is 3. The van der Waals surface area contributed by atoms with Crippen LogP contribution in [0.2, 0.25) is 0 Å². The van der Waals surface area contributed by atoms with Gasteiger partial charge in [0.25, 0.3) is 11.9 Å². The Morgan fingerprint density at radius 3 is 2.68 bits per heavy atom. The molecule has 0 fully saturated rings. The van der Waals surface area contributed by atoms with Gasteiger partial charge in [-0.25, -0.2) is 9.78 Å². The first kappa shape index (κ1) is 18.1. The number of carbonyl (C=O) groups excluding carboxylic acids is 2. The summed E-state index contributed by atoms with van der Waals surface area (Å²) in [5, 5.41) is 11.3. The van der Waals surface area contributed by atoms with E-state index in [-0.39, 0.29) is 18.2 Å². The molecular weight excluding hydrogens is 347 g/mol. The molecule has 0 bridgehead atoms. The molecule has 25 heavy (non-hydrogen) atoms. The molecule has 2 N–H and O–H groups in total. The highest BCUT2D eigenvalue weighted by atomic mass is 19.4. The van der Waals surface area contributed by atoms with Crippen molar-refractivity contribution in [3.05, 3.63) is 29.6 Å². The van der Waals surface area contributed by atoms with E-state index in [4.69, 9.17) is 0 Å². The average Bonchev–Trinajstić information content (AvgIpc) is 3.17. The Balaban J connectivity index is 2.09. The third-order valence-corrected chi connectivity index (χ3v) is 2.74. The van der Waals surface area contributed by atoms with E-state index in [1.807, 2.05) is 0 Å². The number of amides is 1. The summed E-state index contributed by atoms with van der Waals surface area (Å²) in [4.78, 5) is 29.9. The summed E-state index contributed by atoms with van der Waals surface area (Å²) >= 11 is 0. The Morgan fingerprint density at radius 1 is 1.36 bits per heavy atom. The number of methoxy groups -OCH3 is 1. The van der Waals surface area contributed by atoms with Crippen LogP contribution < -0.4 is 5.32 Å². The van der Waals surface area contributed by atoms with Crippen molar-refractivity contribution in [2.45, 2.75) is 13.1 Å². The van der Waals surface area contributed by atoms with Gasteiger partial charge in [-0.15, -0.1) is 10.2 Å². The second-order valence-electron chi connectivity index (χ2n) is 4.51. The highest BCUT2D eigenvalue weighted by Gasteiger charge is 2.35. The first-order valence-electron chi connectivity index (χ1n) is 6.68. The fourth-order valence-corrected chi connectivity index (χ4v) is 1.60. The molecule has 2 rings (SSSR count).